The third kappa shape index (κ3) is 1.88. The Bertz CT molecular complexity index is 408. The fraction of sp³-hybridized carbons (Fsp3) is 0.462. The number of hydrogen-bond donors (Lipinski definition) is 0. The van der Waals surface area contributed by atoms with Gasteiger partial charge in [0.05, 0.1) is 0 Å². The molecular formula is C13H17BS. The maximum absolute atomic E-state index is 2.40. The van der Waals surface area contributed by atoms with Crippen molar-refractivity contribution in [3.63, 3.8) is 0 Å². The third-order valence-electron chi connectivity index (χ3n) is 3.66. The van der Waals surface area contributed by atoms with Crippen molar-refractivity contribution in [1.29, 1.82) is 0 Å². The zero-order valence-electron chi connectivity index (χ0n) is 9.87. The van der Waals surface area contributed by atoms with Crippen LogP contribution in [0.4, 0.5) is 0 Å². The summed E-state index contributed by atoms with van der Waals surface area (Å²) >= 11 is 1.81. The Labute approximate surface area is 96.9 Å². The second kappa shape index (κ2) is 3.45. The van der Waals surface area contributed by atoms with E-state index in [0.29, 0.717) is 0 Å². The van der Waals surface area contributed by atoms with Gasteiger partial charge in [0.15, 0.2) is 0 Å². The van der Waals surface area contributed by atoms with E-state index in [4.69, 9.17) is 0 Å². The van der Waals surface area contributed by atoms with Crippen molar-refractivity contribution in [2.24, 2.45) is 10.8 Å². The molecule has 0 saturated heterocycles. The summed E-state index contributed by atoms with van der Waals surface area (Å²) in [5.74, 6) is 2.34. The standard InChI is InChI=1S/C13H17BS/c1-12(2)8-10(11-6-5-7-15-11)14-9-13(12,3)4/h5-9H,1-4H3. The minimum atomic E-state index is 0.223. The first-order valence-corrected chi connectivity index (χ1v) is 6.26. The van der Waals surface area contributed by atoms with Crippen LogP contribution in [0.25, 0.3) is 5.47 Å². The second-order valence-electron chi connectivity index (χ2n) is 5.35. The van der Waals surface area contributed by atoms with Gasteiger partial charge in [0.25, 0.3) is 0 Å². The van der Waals surface area contributed by atoms with Gasteiger partial charge in [-0.3, -0.25) is 0 Å². The summed E-state index contributed by atoms with van der Waals surface area (Å²) in [6, 6.07) is 4.30. The SMILES string of the molecule is CC1(C)C=BC(c2cccs2)=CC1(C)C. The number of thiophene rings is 1. The Morgan fingerprint density at radius 3 is 2.40 bits per heavy atom. The van der Waals surface area contributed by atoms with E-state index in [1.165, 1.54) is 10.3 Å². The molecule has 1 aromatic heterocycles. The van der Waals surface area contributed by atoms with Crippen molar-refractivity contribution in [3.8, 4) is 0 Å². The van der Waals surface area contributed by atoms with Crippen LogP contribution in [0.15, 0.2) is 23.6 Å². The molecule has 1 aromatic rings. The van der Waals surface area contributed by atoms with E-state index < -0.39 is 0 Å². The first kappa shape index (κ1) is 10.9. The molecule has 1 aliphatic rings. The van der Waals surface area contributed by atoms with Crippen LogP contribution < -0.4 is 0 Å². The Kier molecular flexibility index (Phi) is 2.50. The van der Waals surface area contributed by atoms with E-state index in [1.54, 1.807) is 0 Å². The first-order chi connectivity index (χ1) is 6.92. The molecule has 0 bridgehead atoms. The van der Waals surface area contributed by atoms with Crippen molar-refractivity contribution in [3.05, 3.63) is 28.5 Å². The number of rotatable bonds is 1. The van der Waals surface area contributed by atoms with Crippen molar-refractivity contribution in [2.75, 3.05) is 0 Å². The molecule has 0 N–H and O–H groups in total. The molecule has 0 aliphatic carbocycles. The minimum absolute atomic E-state index is 0.223. The van der Waals surface area contributed by atoms with Gasteiger partial charge in [0.2, 0.25) is 0 Å². The van der Waals surface area contributed by atoms with Crippen LogP contribution in [0.1, 0.15) is 32.6 Å². The van der Waals surface area contributed by atoms with Crippen LogP contribution in [-0.4, -0.2) is 12.9 Å². The fourth-order valence-corrected chi connectivity index (χ4v) is 2.46. The van der Waals surface area contributed by atoms with Crippen molar-refractivity contribution < 1.29 is 0 Å². The molecule has 2 heterocycles. The molecule has 0 spiro atoms. The van der Waals surface area contributed by atoms with Crippen LogP contribution in [0.5, 0.6) is 0 Å². The van der Waals surface area contributed by atoms with E-state index >= 15 is 0 Å². The predicted octanol–water partition coefficient (Wildman–Crippen LogP) is 3.66. The molecule has 0 radical (unpaired) electrons. The van der Waals surface area contributed by atoms with E-state index in [1.807, 2.05) is 11.3 Å². The molecule has 0 atom stereocenters. The summed E-state index contributed by atoms with van der Waals surface area (Å²) in [6.07, 6.45) is 2.40. The molecule has 15 heavy (non-hydrogen) atoms. The Morgan fingerprint density at radius 1 is 1.13 bits per heavy atom. The molecule has 1 aliphatic heterocycles. The fourth-order valence-electron chi connectivity index (χ4n) is 1.73. The van der Waals surface area contributed by atoms with E-state index in [9.17, 15) is 0 Å². The summed E-state index contributed by atoms with van der Waals surface area (Å²) in [5.41, 5.74) is 1.84. The van der Waals surface area contributed by atoms with Gasteiger partial charge in [-0.25, -0.2) is 0 Å². The Balaban J connectivity index is 2.41. The number of hydrogen-bond acceptors (Lipinski definition) is 1. The van der Waals surface area contributed by atoms with E-state index in [0.717, 1.165) is 0 Å². The molecule has 0 nitrogen and oxygen atoms in total. The molecule has 2 rings (SSSR count). The topological polar surface area (TPSA) is 0 Å². The maximum atomic E-state index is 2.40. The van der Waals surface area contributed by atoms with Crippen LogP contribution in [0.3, 0.4) is 0 Å². The normalized spacial score (nSPS) is 22.0. The van der Waals surface area contributed by atoms with Gasteiger partial charge in [0, 0.05) is 0 Å². The molecule has 78 valence electrons. The Hall–Kier alpha value is -0.625. The van der Waals surface area contributed by atoms with E-state index in [-0.39, 0.29) is 10.8 Å². The van der Waals surface area contributed by atoms with Crippen LogP contribution in [0, 0.1) is 10.8 Å². The molecular weight excluding hydrogens is 199 g/mol. The molecule has 0 amide bonds. The zero-order valence-corrected chi connectivity index (χ0v) is 10.7. The summed E-state index contributed by atoms with van der Waals surface area (Å²) in [6.45, 7) is 11.5. The quantitative estimate of drug-likeness (QED) is 0.628. The molecule has 0 saturated carbocycles. The van der Waals surface area contributed by atoms with Gasteiger partial charge in [-0.05, 0) is 0 Å². The molecule has 0 aromatic carbocycles. The van der Waals surface area contributed by atoms with Gasteiger partial charge < -0.3 is 0 Å². The summed E-state index contributed by atoms with van der Waals surface area (Å²) in [5, 5.41) is 2.14. The van der Waals surface area contributed by atoms with Crippen molar-refractivity contribution in [1.82, 2.24) is 0 Å². The zero-order chi connectivity index (χ0) is 11.1. The van der Waals surface area contributed by atoms with Crippen LogP contribution in [-0.2, 0) is 0 Å². The third-order valence-corrected chi connectivity index (χ3v) is 4.58. The molecule has 0 unspecified atom stereocenters. The molecule has 0 fully saturated rings. The summed E-state index contributed by atoms with van der Waals surface area (Å²) < 4.78 is 0. The number of allylic oxidation sites excluding steroid dienone is 1. The summed E-state index contributed by atoms with van der Waals surface area (Å²) in [7, 11) is 0. The van der Waals surface area contributed by atoms with Gasteiger partial charge in [-0.15, -0.1) is 0 Å². The van der Waals surface area contributed by atoms with Gasteiger partial charge in [-0.2, -0.15) is 0 Å². The van der Waals surface area contributed by atoms with E-state index in [2.05, 4.69) is 64.2 Å². The van der Waals surface area contributed by atoms with Crippen molar-refractivity contribution >= 4 is 29.7 Å². The van der Waals surface area contributed by atoms with Crippen LogP contribution >= 0.6 is 11.3 Å². The van der Waals surface area contributed by atoms with Crippen LogP contribution in [0.2, 0.25) is 0 Å². The predicted molar refractivity (Wildman–Crippen MR) is 71.7 cm³/mol. The first-order valence-electron chi connectivity index (χ1n) is 5.38. The monoisotopic (exact) mass is 216 g/mol. The summed E-state index contributed by atoms with van der Waals surface area (Å²) in [4.78, 5) is 1.37. The van der Waals surface area contributed by atoms with Gasteiger partial charge in [-0.1, -0.05) is 0 Å². The van der Waals surface area contributed by atoms with Crippen molar-refractivity contribution in [2.45, 2.75) is 27.7 Å². The molecule has 2 heteroatoms. The second-order valence-corrected chi connectivity index (χ2v) is 6.30. The average Bonchev–Trinajstić information content (AvgIpc) is 2.62. The van der Waals surface area contributed by atoms with Gasteiger partial charge >= 0.3 is 96.7 Å². The average molecular weight is 216 g/mol. The van der Waals surface area contributed by atoms with Gasteiger partial charge in [0.1, 0.15) is 0 Å². The Morgan fingerprint density at radius 2 is 1.87 bits per heavy atom.